The maximum Gasteiger partial charge on any atom is 0.225 e. The molecule has 1 aliphatic carbocycles. The Morgan fingerprint density at radius 1 is 1.12 bits per heavy atom. The maximum absolute atomic E-state index is 11.6. The van der Waals surface area contributed by atoms with Crippen molar-refractivity contribution in [3.8, 4) is 0 Å². The van der Waals surface area contributed by atoms with E-state index >= 15 is 0 Å². The van der Waals surface area contributed by atoms with Crippen LogP contribution in [0.3, 0.4) is 0 Å². The number of aryl methyl sites for hydroxylation is 1. The quantitative estimate of drug-likeness (QED) is 0.799. The highest BCUT2D eigenvalue weighted by Gasteiger charge is 2.22. The molecule has 1 aliphatic rings. The molecule has 6 nitrogen and oxygen atoms in total. The van der Waals surface area contributed by atoms with Crippen molar-refractivity contribution in [3.05, 3.63) is 5.82 Å². The number of anilines is 2. The number of hydrogen-bond donors (Lipinski definition) is 2. The van der Waals surface area contributed by atoms with Crippen LogP contribution in [0.15, 0.2) is 0 Å². The van der Waals surface area contributed by atoms with Gasteiger partial charge in [-0.2, -0.15) is 15.0 Å². The Labute approximate surface area is 99.8 Å². The van der Waals surface area contributed by atoms with Gasteiger partial charge in [-0.1, -0.05) is 6.42 Å². The highest BCUT2D eigenvalue weighted by Crippen LogP contribution is 2.24. The van der Waals surface area contributed by atoms with E-state index in [0.717, 1.165) is 25.7 Å². The van der Waals surface area contributed by atoms with E-state index in [4.69, 9.17) is 11.5 Å². The number of carbonyl (C=O) groups is 1. The molecule has 1 aromatic heterocycles. The predicted octanol–water partition coefficient (Wildman–Crippen LogP) is 0.728. The summed E-state index contributed by atoms with van der Waals surface area (Å²) in [5, 5.41) is 0. The van der Waals surface area contributed by atoms with Crippen LogP contribution < -0.4 is 11.5 Å². The highest BCUT2D eigenvalue weighted by molar-refractivity contribution is 5.81. The smallest absolute Gasteiger partial charge is 0.225 e. The lowest BCUT2D eigenvalue weighted by Gasteiger charge is -2.19. The number of rotatable bonds is 3. The van der Waals surface area contributed by atoms with Gasteiger partial charge in [0.1, 0.15) is 11.6 Å². The molecule has 1 heterocycles. The molecule has 0 radical (unpaired) electrons. The SMILES string of the molecule is Nc1nc(N)nc(CCC2CCCCC2=O)n1. The Kier molecular flexibility index (Phi) is 3.51. The Morgan fingerprint density at radius 2 is 1.82 bits per heavy atom. The number of nitrogens with zero attached hydrogens (tertiary/aromatic N) is 3. The van der Waals surface area contributed by atoms with E-state index in [9.17, 15) is 4.79 Å². The fourth-order valence-corrected chi connectivity index (χ4v) is 2.23. The van der Waals surface area contributed by atoms with Crippen molar-refractivity contribution in [2.45, 2.75) is 38.5 Å². The van der Waals surface area contributed by atoms with Crippen LogP contribution in [0, 0.1) is 5.92 Å². The minimum atomic E-state index is 0.141. The Bertz CT molecular complexity index is 400. The molecule has 2 rings (SSSR count). The summed E-state index contributed by atoms with van der Waals surface area (Å²) in [6.45, 7) is 0. The average molecular weight is 235 g/mol. The van der Waals surface area contributed by atoms with E-state index in [0.29, 0.717) is 24.4 Å². The van der Waals surface area contributed by atoms with Crippen LogP contribution in [0.1, 0.15) is 37.9 Å². The van der Waals surface area contributed by atoms with Gasteiger partial charge in [-0.25, -0.2) is 0 Å². The third-order valence-electron chi connectivity index (χ3n) is 3.11. The molecule has 4 N–H and O–H groups in total. The Balaban J connectivity index is 1.94. The van der Waals surface area contributed by atoms with Gasteiger partial charge in [0.15, 0.2) is 0 Å². The first kappa shape index (κ1) is 11.8. The highest BCUT2D eigenvalue weighted by atomic mass is 16.1. The van der Waals surface area contributed by atoms with Gasteiger partial charge >= 0.3 is 0 Å². The summed E-state index contributed by atoms with van der Waals surface area (Å²) < 4.78 is 0. The first-order valence-corrected chi connectivity index (χ1v) is 5.94. The van der Waals surface area contributed by atoms with Crippen LogP contribution in [0.25, 0.3) is 0 Å². The summed E-state index contributed by atoms with van der Waals surface area (Å²) in [5.74, 6) is 1.38. The minimum absolute atomic E-state index is 0.141. The molecule has 1 atom stereocenters. The van der Waals surface area contributed by atoms with Crippen molar-refractivity contribution < 1.29 is 4.79 Å². The Hall–Kier alpha value is -1.72. The number of aromatic nitrogens is 3. The van der Waals surface area contributed by atoms with Crippen LogP contribution in [-0.2, 0) is 11.2 Å². The number of hydrogen-bond acceptors (Lipinski definition) is 6. The van der Waals surface area contributed by atoms with Gasteiger partial charge in [-0.15, -0.1) is 0 Å². The molecule has 1 unspecified atom stereocenters. The molecular formula is C11H17N5O. The normalized spacial score (nSPS) is 20.5. The average Bonchev–Trinajstić information content (AvgIpc) is 2.27. The summed E-state index contributed by atoms with van der Waals surface area (Å²) in [6, 6.07) is 0. The molecule has 0 saturated heterocycles. The summed E-state index contributed by atoms with van der Waals surface area (Å²) in [7, 11) is 0. The first-order valence-electron chi connectivity index (χ1n) is 5.94. The van der Waals surface area contributed by atoms with Crippen LogP contribution in [0.2, 0.25) is 0 Å². The predicted molar refractivity (Wildman–Crippen MR) is 63.9 cm³/mol. The van der Waals surface area contributed by atoms with Crippen molar-refractivity contribution in [3.63, 3.8) is 0 Å². The Morgan fingerprint density at radius 3 is 2.47 bits per heavy atom. The maximum atomic E-state index is 11.6. The fraction of sp³-hybridized carbons (Fsp3) is 0.636. The van der Waals surface area contributed by atoms with Crippen LogP contribution >= 0.6 is 0 Å². The first-order chi connectivity index (χ1) is 8.15. The van der Waals surface area contributed by atoms with Gasteiger partial charge in [0, 0.05) is 18.8 Å². The monoisotopic (exact) mass is 235 g/mol. The molecule has 17 heavy (non-hydrogen) atoms. The number of ketones is 1. The van der Waals surface area contributed by atoms with Crippen LogP contribution in [-0.4, -0.2) is 20.7 Å². The number of carbonyl (C=O) groups excluding carboxylic acids is 1. The van der Waals surface area contributed by atoms with E-state index in [2.05, 4.69) is 15.0 Å². The number of nitrogen functional groups attached to an aromatic ring is 2. The summed E-state index contributed by atoms with van der Waals surface area (Å²) >= 11 is 0. The second kappa shape index (κ2) is 5.07. The molecule has 92 valence electrons. The van der Waals surface area contributed by atoms with Crippen LogP contribution in [0.4, 0.5) is 11.9 Å². The van der Waals surface area contributed by atoms with Crippen molar-refractivity contribution in [1.82, 2.24) is 15.0 Å². The van der Waals surface area contributed by atoms with Gasteiger partial charge in [0.05, 0.1) is 0 Å². The summed E-state index contributed by atoms with van der Waals surface area (Å²) in [4.78, 5) is 23.4. The number of Topliss-reactive ketones (excluding diaryl/α,β-unsaturated/α-hetero) is 1. The summed E-state index contributed by atoms with van der Waals surface area (Å²) in [6.07, 6.45) is 5.27. The van der Waals surface area contributed by atoms with Gasteiger partial charge in [-0.05, 0) is 19.3 Å². The van der Waals surface area contributed by atoms with Gasteiger partial charge in [0.2, 0.25) is 11.9 Å². The lowest BCUT2D eigenvalue weighted by Crippen LogP contribution is -2.20. The number of nitrogens with two attached hydrogens (primary N) is 2. The van der Waals surface area contributed by atoms with Gasteiger partial charge in [-0.3, -0.25) is 4.79 Å². The van der Waals surface area contributed by atoms with E-state index < -0.39 is 0 Å². The molecule has 6 heteroatoms. The molecule has 0 amide bonds. The standard InChI is InChI=1S/C11H17N5O/c12-10-14-9(15-11(13)16-10)6-5-7-3-1-2-4-8(7)17/h7H,1-6H2,(H4,12,13,14,15,16). The zero-order valence-corrected chi connectivity index (χ0v) is 9.72. The second-order valence-corrected chi connectivity index (χ2v) is 4.42. The molecule has 1 saturated carbocycles. The molecule has 0 bridgehead atoms. The third kappa shape index (κ3) is 3.12. The summed E-state index contributed by atoms with van der Waals surface area (Å²) in [5.41, 5.74) is 11.0. The lowest BCUT2D eigenvalue weighted by atomic mass is 9.85. The van der Waals surface area contributed by atoms with Crippen molar-refractivity contribution in [2.24, 2.45) is 5.92 Å². The molecule has 1 fully saturated rings. The topological polar surface area (TPSA) is 108 Å². The van der Waals surface area contributed by atoms with Gasteiger partial charge < -0.3 is 11.5 Å². The van der Waals surface area contributed by atoms with E-state index in [1.807, 2.05) is 0 Å². The van der Waals surface area contributed by atoms with Gasteiger partial charge in [0.25, 0.3) is 0 Å². The van der Waals surface area contributed by atoms with Crippen molar-refractivity contribution in [1.29, 1.82) is 0 Å². The van der Waals surface area contributed by atoms with Crippen molar-refractivity contribution in [2.75, 3.05) is 11.5 Å². The largest absolute Gasteiger partial charge is 0.368 e. The molecule has 0 aromatic carbocycles. The molecule has 0 aliphatic heterocycles. The van der Waals surface area contributed by atoms with Crippen LogP contribution in [0.5, 0.6) is 0 Å². The molecular weight excluding hydrogens is 218 g/mol. The molecule has 1 aromatic rings. The van der Waals surface area contributed by atoms with E-state index in [1.54, 1.807) is 0 Å². The second-order valence-electron chi connectivity index (χ2n) is 4.42. The van der Waals surface area contributed by atoms with Crippen molar-refractivity contribution >= 4 is 17.7 Å². The lowest BCUT2D eigenvalue weighted by molar-refractivity contribution is -0.124. The third-order valence-corrected chi connectivity index (χ3v) is 3.11. The minimum Gasteiger partial charge on any atom is -0.368 e. The molecule has 0 spiro atoms. The zero-order chi connectivity index (χ0) is 12.3. The van der Waals surface area contributed by atoms with E-state index in [-0.39, 0.29) is 17.8 Å². The fourth-order valence-electron chi connectivity index (χ4n) is 2.23. The zero-order valence-electron chi connectivity index (χ0n) is 9.72. The van der Waals surface area contributed by atoms with E-state index in [1.165, 1.54) is 0 Å².